The Kier molecular flexibility index (Phi) is 5.91. The zero-order valence-corrected chi connectivity index (χ0v) is 13.8. The summed E-state index contributed by atoms with van der Waals surface area (Å²) in [5, 5.41) is 2.83. The molecule has 1 N–H and O–H groups in total. The number of hydrogen-bond donors (Lipinski definition) is 1. The predicted octanol–water partition coefficient (Wildman–Crippen LogP) is 4.92. The van der Waals surface area contributed by atoms with Gasteiger partial charge in [0.25, 0.3) is 5.91 Å². The fourth-order valence-corrected chi connectivity index (χ4v) is 2.65. The van der Waals surface area contributed by atoms with Gasteiger partial charge in [-0.15, -0.1) is 0 Å². The summed E-state index contributed by atoms with van der Waals surface area (Å²) < 4.78 is 15.6. The molecule has 2 rings (SSSR count). The van der Waals surface area contributed by atoms with E-state index in [0.29, 0.717) is 12.0 Å². The van der Waals surface area contributed by atoms with Gasteiger partial charge in [-0.25, -0.2) is 4.39 Å². The predicted molar refractivity (Wildman–Crippen MR) is 91.8 cm³/mol. The van der Waals surface area contributed by atoms with Gasteiger partial charge in [0.05, 0.1) is 6.04 Å². The highest BCUT2D eigenvalue weighted by molar-refractivity contribution is 5.86. The van der Waals surface area contributed by atoms with Crippen LogP contribution >= 0.6 is 0 Å². The fourth-order valence-electron chi connectivity index (χ4n) is 2.65. The van der Waals surface area contributed by atoms with Gasteiger partial charge in [-0.2, -0.15) is 0 Å². The molecule has 0 fully saturated rings. The van der Waals surface area contributed by atoms with Gasteiger partial charge in [-0.3, -0.25) is 4.79 Å². The first kappa shape index (κ1) is 17.2. The van der Waals surface area contributed by atoms with Gasteiger partial charge < -0.3 is 5.32 Å². The van der Waals surface area contributed by atoms with Crippen LogP contribution in [0.5, 0.6) is 0 Å². The first-order chi connectivity index (χ1) is 11.1. The van der Waals surface area contributed by atoms with Crippen molar-refractivity contribution in [3.05, 3.63) is 71.8 Å². The van der Waals surface area contributed by atoms with Crippen molar-refractivity contribution < 1.29 is 9.18 Å². The number of carbonyl (C=O) groups is 1. The van der Waals surface area contributed by atoms with Gasteiger partial charge in [0.1, 0.15) is 0 Å². The number of hydrogen-bond acceptors (Lipinski definition) is 1. The van der Waals surface area contributed by atoms with Crippen LogP contribution in [-0.4, -0.2) is 5.91 Å². The number of rotatable bonds is 7. The smallest absolute Gasteiger partial charge is 0.262 e. The summed E-state index contributed by atoms with van der Waals surface area (Å²) in [6, 6.07) is 18.1. The van der Waals surface area contributed by atoms with Crippen LogP contribution in [0.4, 0.5) is 4.39 Å². The minimum Gasteiger partial charge on any atom is -0.346 e. The quantitative estimate of drug-likeness (QED) is 0.772. The van der Waals surface area contributed by atoms with Crippen molar-refractivity contribution in [1.82, 2.24) is 5.32 Å². The van der Waals surface area contributed by atoms with Crippen LogP contribution < -0.4 is 5.32 Å². The standard InChI is InChI=1S/C20H24FNO/c1-3-4-15-20(21,18-13-9-6-10-14-18)19(23)22-16(2)17-11-7-5-8-12-17/h5-14,16H,3-4,15H2,1-2H3,(H,22,23). The van der Waals surface area contributed by atoms with Gasteiger partial charge in [0.15, 0.2) is 0 Å². The normalized spacial score (nSPS) is 14.7. The fraction of sp³-hybridized carbons (Fsp3) is 0.350. The molecule has 0 spiro atoms. The van der Waals surface area contributed by atoms with Crippen molar-refractivity contribution >= 4 is 5.91 Å². The molecule has 23 heavy (non-hydrogen) atoms. The Morgan fingerprint density at radius 2 is 1.65 bits per heavy atom. The van der Waals surface area contributed by atoms with E-state index in [0.717, 1.165) is 12.0 Å². The average Bonchev–Trinajstić information content (AvgIpc) is 2.61. The molecule has 2 nitrogen and oxygen atoms in total. The molecular weight excluding hydrogens is 289 g/mol. The van der Waals surface area contributed by atoms with E-state index in [-0.39, 0.29) is 12.5 Å². The summed E-state index contributed by atoms with van der Waals surface area (Å²) in [6.45, 7) is 3.87. The Hall–Kier alpha value is -2.16. The van der Waals surface area contributed by atoms with E-state index in [2.05, 4.69) is 5.32 Å². The monoisotopic (exact) mass is 313 g/mol. The first-order valence-corrected chi connectivity index (χ1v) is 8.18. The Labute approximate surface area is 137 Å². The van der Waals surface area contributed by atoms with Crippen molar-refractivity contribution in [3.8, 4) is 0 Å². The van der Waals surface area contributed by atoms with Crippen molar-refractivity contribution in [2.75, 3.05) is 0 Å². The summed E-state index contributed by atoms with van der Waals surface area (Å²) in [6.07, 6.45) is 1.71. The first-order valence-electron chi connectivity index (χ1n) is 8.18. The third kappa shape index (κ3) is 4.19. The third-order valence-corrected chi connectivity index (χ3v) is 4.11. The third-order valence-electron chi connectivity index (χ3n) is 4.11. The maximum Gasteiger partial charge on any atom is 0.262 e. The largest absolute Gasteiger partial charge is 0.346 e. The molecule has 122 valence electrons. The maximum atomic E-state index is 15.6. The van der Waals surface area contributed by atoms with Crippen LogP contribution in [0.1, 0.15) is 50.3 Å². The number of nitrogens with one attached hydrogen (secondary N) is 1. The minimum atomic E-state index is -1.99. The highest BCUT2D eigenvalue weighted by Crippen LogP contribution is 2.33. The average molecular weight is 313 g/mol. The number of amides is 1. The van der Waals surface area contributed by atoms with Gasteiger partial charge in [0, 0.05) is 0 Å². The number of benzene rings is 2. The number of halogens is 1. The molecule has 2 unspecified atom stereocenters. The lowest BCUT2D eigenvalue weighted by molar-refractivity contribution is -0.135. The maximum absolute atomic E-state index is 15.6. The molecule has 0 aromatic heterocycles. The van der Waals surface area contributed by atoms with Crippen molar-refractivity contribution in [1.29, 1.82) is 0 Å². The van der Waals surface area contributed by atoms with Crippen LogP contribution in [0.3, 0.4) is 0 Å². The Morgan fingerprint density at radius 1 is 1.09 bits per heavy atom. The molecule has 2 aromatic rings. The van der Waals surface area contributed by atoms with Gasteiger partial charge in [-0.1, -0.05) is 74.0 Å². The van der Waals surface area contributed by atoms with Crippen molar-refractivity contribution in [2.45, 2.75) is 44.8 Å². The molecular formula is C20H24FNO. The molecule has 0 aliphatic heterocycles. The molecule has 0 saturated heterocycles. The van der Waals surface area contributed by atoms with E-state index in [1.54, 1.807) is 24.3 Å². The van der Waals surface area contributed by atoms with Crippen molar-refractivity contribution in [2.24, 2.45) is 0 Å². The van der Waals surface area contributed by atoms with Crippen LogP contribution in [0.2, 0.25) is 0 Å². The summed E-state index contributed by atoms with van der Waals surface area (Å²) in [7, 11) is 0. The lowest BCUT2D eigenvalue weighted by Crippen LogP contribution is -2.42. The van der Waals surface area contributed by atoms with Crippen molar-refractivity contribution in [3.63, 3.8) is 0 Å². The zero-order chi connectivity index (χ0) is 16.7. The number of carbonyl (C=O) groups excluding carboxylic acids is 1. The van der Waals surface area contributed by atoms with Gasteiger partial charge in [0.2, 0.25) is 5.67 Å². The summed E-state index contributed by atoms with van der Waals surface area (Å²) >= 11 is 0. The lowest BCUT2D eigenvalue weighted by atomic mass is 9.89. The van der Waals surface area contributed by atoms with E-state index in [9.17, 15) is 4.79 Å². The second-order valence-electron chi connectivity index (χ2n) is 5.88. The molecule has 1 amide bonds. The molecule has 0 saturated carbocycles. The van der Waals surface area contributed by atoms with E-state index in [1.807, 2.05) is 50.2 Å². The van der Waals surface area contributed by atoms with E-state index >= 15 is 4.39 Å². The van der Waals surface area contributed by atoms with E-state index in [1.165, 1.54) is 0 Å². The van der Waals surface area contributed by atoms with E-state index < -0.39 is 11.6 Å². The van der Waals surface area contributed by atoms with E-state index in [4.69, 9.17) is 0 Å². The molecule has 0 heterocycles. The summed E-state index contributed by atoms with van der Waals surface area (Å²) in [5.74, 6) is -0.562. The zero-order valence-electron chi connectivity index (χ0n) is 13.8. The minimum absolute atomic E-state index is 0.195. The highest BCUT2D eigenvalue weighted by atomic mass is 19.1. The summed E-state index contributed by atoms with van der Waals surface area (Å²) in [5.41, 5.74) is -0.599. The van der Waals surface area contributed by atoms with Crippen LogP contribution in [0.25, 0.3) is 0 Å². The topological polar surface area (TPSA) is 29.1 Å². The molecule has 0 bridgehead atoms. The molecule has 2 aromatic carbocycles. The van der Waals surface area contributed by atoms with Gasteiger partial charge >= 0.3 is 0 Å². The molecule has 0 aliphatic rings. The SMILES string of the molecule is CCCCC(F)(C(=O)NC(C)c1ccccc1)c1ccccc1. The highest BCUT2D eigenvalue weighted by Gasteiger charge is 2.40. The summed E-state index contributed by atoms with van der Waals surface area (Å²) in [4.78, 5) is 12.7. The Balaban J connectivity index is 2.20. The second-order valence-corrected chi connectivity index (χ2v) is 5.88. The second kappa shape index (κ2) is 7.91. The molecule has 0 aliphatic carbocycles. The Morgan fingerprint density at radius 3 is 2.22 bits per heavy atom. The molecule has 2 atom stereocenters. The van der Waals surface area contributed by atoms with Crippen LogP contribution in [0.15, 0.2) is 60.7 Å². The molecule has 3 heteroatoms. The van der Waals surface area contributed by atoms with Gasteiger partial charge in [-0.05, 0) is 30.9 Å². The lowest BCUT2D eigenvalue weighted by Gasteiger charge is -2.27. The van der Waals surface area contributed by atoms with Crippen LogP contribution in [0, 0.1) is 0 Å². The van der Waals surface area contributed by atoms with Crippen LogP contribution in [-0.2, 0) is 10.5 Å². The number of alkyl halides is 1. The Bertz CT molecular complexity index is 614. The molecule has 0 radical (unpaired) electrons. The number of unbranched alkanes of at least 4 members (excludes halogenated alkanes) is 1.